The van der Waals surface area contributed by atoms with Crippen LogP contribution < -0.4 is 5.43 Å². The highest BCUT2D eigenvalue weighted by atomic mass is 16.5. The Kier molecular flexibility index (Phi) is 10.7. The van der Waals surface area contributed by atoms with E-state index in [-0.39, 0.29) is 0 Å². The smallest absolute Gasteiger partial charge is 0.0603 e. The fraction of sp³-hybridized carbons (Fsp3) is 1.00. The molecule has 0 aromatic rings. The van der Waals surface area contributed by atoms with E-state index in [1.54, 1.807) is 21.3 Å². The number of hydrogen-bond acceptors (Lipinski definition) is 5. The van der Waals surface area contributed by atoms with Crippen molar-refractivity contribution < 1.29 is 14.2 Å². The monoisotopic (exact) mass is 206 g/mol. The van der Waals surface area contributed by atoms with Crippen molar-refractivity contribution in [2.45, 2.75) is 0 Å². The van der Waals surface area contributed by atoms with Crippen molar-refractivity contribution in [1.29, 1.82) is 0 Å². The van der Waals surface area contributed by atoms with E-state index >= 15 is 0 Å². The second-order valence-corrected chi connectivity index (χ2v) is 2.87. The Morgan fingerprint density at radius 1 is 0.857 bits per heavy atom. The summed E-state index contributed by atoms with van der Waals surface area (Å²) in [5.74, 6) is 0. The van der Waals surface area contributed by atoms with Crippen molar-refractivity contribution in [2.24, 2.45) is 0 Å². The van der Waals surface area contributed by atoms with Crippen molar-refractivity contribution in [3.8, 4) is 0 Å². The molecule has 0 radical (unpaired) electrons. The van der Waals surface area contributed by atoms with Gasteiger partial charge in [0, 0.05) is 41.0 Å². The third-order valence-corrected chi connectivity index (χ3v) is 1.77. The molecule has 1 N–H and O–H groups in total. The van der Waals surface area contributed by atoms with Crippen LogP contribution in [0.3, 0.4) is 0 Å². The van der Waals surface area contributed by atoms with Gasteiger partial charge in [-0.3, -0.25) is 5.43 Å². The fourth-order valence-electron chi connectivity index (χ4n) is 0.979. The van der Waals surface area contributed by atoms with Gasteiger partial charge in [-0.2, -0.15) is 0 Å². The molecule has 0 spiro atoms. The third-order valence-electron chi connectivity index (χ3n) is 1.77. The van der Waals surface area contributed by atoms with Gasteiger partial charge >= 0.3 is 0 Å². The molecule has 0 bridgehead atoms. The van der Waals surface area contributed by atoms with Crippen LogP contribution in [0.25, 0.3) is 0 Å². The van der Waals surface area contributed by atoms with Crippen LogP contribution in [0.15, 0.2) is 0 Å². The Morgan fingerprint density at radius 2 is 1.36 bits per heavy atom. The van der Waals surface area contributed by atoms with E-state index in [1.165, 1.54) is 0 Å². The second-order valence-electron chi connectivity index (χ2n) is 2.87. The van der Waals surface area contributed by atoms with Gasteiger partial charge in [-0.25, -0.2) is 5.01 Å². The molecule has 0 aliphatic carbocycles. The molecule has 86 valence electrons. The molecule has 0 rings (SSSR count). The Hall–Kier alpha value is -0.200. The number of hydrazine groups is 1. The summed E-state index contributed by atoms with van der Waals surface area (Å²) >= 11 is 0. The predicted octanol–water partition coefficient (Wildman–Crippen LogP) is -0.268. The number of rotatable bonds is 10. The number of nitrogens with one attached hydrogen (secondary N) is 1. The van der Waals surface area contributed by atoms with Gasteiger partial charge in [0.25, 0.3) is 0 Å². The van der Waals surface area contributed by atoms with Crippen molar-refractivity contribution in [3.63, 3.8) is 0 Å². The van der Waals surface area contributed by atoms with E-state index in [9.17, 15) is 0 Å². The first-order chi connectivity index (χ1) is 6.85. The number of nitrogens with zero attached hydrogens (tertiary/aromatic N) is 1. The van der Waals surface area contributed by atoms with Gasteiger partial charge in [-0.05, 0) is 0 Å². The SMILES string of the molecule is COCCNN(CCOC)CCOC. The zero-order valence-corrected chi connectivity index (χ0v) is 9.41. The quantitative estimate of drug-likeness (QED) is 0.394. The topological polar surface area (TPSA) is 43.0 Å². The maximum Gasteiger partial charge on any atom is 0.0603 e. The average molecular weight is 206 g/mol. The van der Waals surface area contributed by atoms with Crippen LogP contribution in [0.2, 0.25) is 0 Å². The van der Waals surface area contributed by atoms with Gasteiger partial charge in [-0.1, -0.05) is 0 Å². The molecule has 0 saturated heterocycles. The van der Waals surface area contributed by atoms with Crippen LogP contribution in [0.1, 0.15) is 0 Å². The summed E-state index contributed by atoms with van der Waals surface area (Å²) in [7, 11) is 5.09. The standard InChI is InChI=1S/C9H22N2O3/c1-12-7-4-10-11(5-8-13-2)6-9-14-3/h10H,4-9H2,1-3H3. The highest BCUT2D eigenvalue weighted by Crippen LogP contribution is 1.83. The number of hydrogen-bond donors (Lipinski definition) is 1. The number of ether oxygens (including phenoxy) is 3. The van der Waals surface area contributed by atoms with Crippen molar-refractivity contribution in [3.05, 3.63) is 0 Å². The Labute approximate surface area is 86.3 Å². The molecule has 0 aliphatic heterocycles. The van der Waals surface area contributed by atoms with Gasteiger partial charge in [0.1, 0.15) is 0 Å². The molecular weight excluding hydrogens is 184 g/mol. The Bertz CT molecular complexity index is 106. The van der Waals surface area contributed by atoms with Crippen LogP contribution in [0.5, 0.6) is 0 Å². The molecule has 0 fully saturated rings. The van der Waals surface area contributed by atoms with E-state index in [1.807, 2.05) is 0 Å². The molecule has 0 aromatic carbocycles. The molecule has 0 aliphatic rings. The van der Waals surface area contributed by atoms with Crippen LogP contribution in [0.4, 0.5) is 0 Å². The third kappa shape index (κ3) is 8.40. The highest BCUT2D eigenvalue weighted by molar-refractivity contribution is 4.51. The predicted molar refractivity (Wildman–Crippen MR) is 55.2 cm³/mol. The van der Waals surface area contributed by atoms with Crippen molar-refractivity contribution in [2.75, 3.05) is 60.8 Å². The summed E-state index contributed by atoms with van der Waals surface area (Å²) in [6.07, 6.45) is 0. The molecule has 0 aromatic heterocycles. The second kappa shape index (κ2) is 10.9. The van der Waals surface area contributed by atoms with E-state index in [4.69, 9.17) is 14.2 Å². The summed E-state index contributed by atoms with van der Waals surface area (Å²) in [4.78, 5) is 0. The Morgan fingerprint density at radius 3 is 1.79 bits per heavy atom. The van der Waals surface area contributed by atoms with Crippen LogP contribution in [-0.2, 0) is 14.2 Å². The lowest BCUT2D eigenvalue weighted by atomic mass is 10.5. The van der Waals surface area contributed by atoms with Crippen molar-refractivity contribution in [1.82, 2.24) is 10.4 Å². The van der Waals surface area contributed by atoms with Gasteiger partial charge in [0.05, 0.1) is 19.8 Å². The summed E-state index contributed by atoms with van der Waals surface area (Å²) in [6.45, 7) is 4.64. The molecule has 14 heavy (non-hydrogen) atoms. The lowest BCUT2D eigenvalue weighted by Gasteiger charge is -2.22. The van der Waals surface area contributed by atoms with Crippen LogP contribution >= 0.6 is 0 Å². The van der Waals surface area contributed by atoms with E-state index in [0.29, 0.717) is 19.8 Å². The van der Waals surface area contributed by atoms with Gasteiger partial charge in [-0.15, -0.1) is 0 Å². The maximum absolute atomic E-state index is 5.00. The molecule has 0 atom stereocenters. The van der Waals surface area contributed by atoms with Crippen LogP contribution in [-0.4, -0.2) is 65.8 Å². The van der Waals surface area contributed by atoms with E-state index in [2.05, 4.69) is 10.4 Å². The molecule has 0 saturated carbocycles. The lowest BCUT2D eigenvalue weighted by molar-refractivity contribution is 0.0727. The maximum atomic E-state index is 5.00. The summed E-state index contributed by atoms with van der Waals surface area (Å²) < 4.78 is 15.0. The molecule has 0 unspecified atom stereocenters. The Balaban J connectivity index is 3.49. The summed E-state index contributed by atoms with van der Waals surface area (Å²) in [5, 5.41) is 2.08. The number of methoxy groups -OCH3 is 3. The largest absolute Gasteiger partial charge is 0.383 e. The zero-order valence-electron chi connectivity index (χ0n) is 9.41. The minimum absolute atomic E-state index is 0.705. The normalized spacial score (nSPS) is 11.1. The fourth-order valence-corrected chi connectivity index (χ4v) is 0.979. The molecular formula is C9H22N2O3. The minimum Gasteiger partial charge on any atom is -0.383 e. The minimum atomic E-state index is 0.705. The van der Waals surface area contributed by atoms with Crippen LogP contribution in [0, 0.1) is 0 Å². The molecule has 0 heterocycles. The first-order valence-electron chi connectivity index (χ1n) is 4.80. The van der Waals surface area contributed by atoms with E-state index in [0.717, 1.165) is 19.6 Å². The lowest BCUT2D eigenvalue weighted by Crippen LogP contribution is -2.43. The summed E-state index contributed by atoms with van der Waals surface area (Å²) in [5.41, 5.74) is 3.24. The summed E-state index contributed by atoms with van der Waals surface area (Å²) in [6, 6.07) is 0. The molecule has 5 nitrogen and oxygen atoms in total. The first-order valence-corrected chi connectivity index (χ1v) is 4.80. The molecule has 5 heteroatoms. The van der Waals surface area contributed by atoms with Gasteiger partial charge in [0.2, 0.25) is 0 Å². The molecule has 0 amide bonds. The highest BCUT2D eigenvalue weighted by Gasteiger charge is 2.02. The average Bonchev–Trinajstić information content (AvgIpc) is 2.21. The van der Waals surface area contributed by atoms with Gasteiger partial charge < -0.3 is 14.2 Å². The van der Waals surface area contributed by atoms with Crippen molar-refractivity contribution >= 4 is 0 Å². The van der Waals surface area contributed by atoms with E-state index < -0.39 is 0 Å². The van der Waals surface area contributed by atoms with Gasteiger partial charge in [0.15, 0.2) is 0 Å². The zero-order chi connectivity index (χ0) is 10.6. The first kappa shape index (κ1) is 13.8.